The third kappa shape index (κ3) is 9.52. The molecule has 0 fully saturated rings. The first kappa shape index (κ1) is 17.9. The summed E-state index contributed by atoms with van der Waals surface area (Å²) in [6, 6.07) is 0. The Hall–Kier alpha value is -1.05. The number of rotatable bonds is 9. The highest BCUT2D eigenvalue weighted by Crippen LogP contribution is 2.08. The second-order valence-corrected chi connectivity index (χ2v) is 5.46. The quantitative estimate of drug-likeness (QED) is 0.552. The van der Waals surface area contributed by atoms with Crippen LogP contribution in [0.25, 0.3) is 0 Å². The Morgan fingerprint density at radius 1 is 1.00 bits per heavy atom. The van der Waals surface area contributed by atoms with Gasteiger partial charge in [0.2, 0.25) is 5.91 Å². The molecule has 0 radical (unpaired) electrons. The number of amides is 1. The number of carbonyl (C=O) groups excluding carboxylic acids is 1. The lowest BCUT2D eigenvalue weighted by Crippen LogP contribution is -2.31. The molecule has 19 heavy (non-hydrogen) atoms. The van der Waals surface area contributed by atoms with E-state index in [-0.39, 0.29) is 5.91 Å². The maximum Gasteiger partial charge on any atom is 0.222 e. The van der Waals surface area contributed by atoms with Crippen LogP contribution in [0.3, 0.4) is 0 Å². The van der Waals surface area contributed by atoms with Crippen LogP contribution in [0.4, 0.5) is 0 Å². The molecule has 0 atom stereocenters. The lowest BCUT2D eigenvalue weighted by Gasteiger charge is -2.20. The molecule has 0 bridgehead atoms. The molecule has 0 unspecified atom stereocenters. The summed E-state index contributed by atoms with van der Waals surface area (Å²) >= 11 is 0. The average molecular weight is 265 g/mol. The van der Waals surface area contributed by atoms with Crippen molar-refractivity contribution in [1.29, 1.82) is 0 Å². The zero-order valence-electron chi connectivity index (χ0n) is 13.5. The Bertz CT molecular complexity index is 311. The van der Waals surface area contributed by atoms with Gasteiger partial charge < -0.3 is 4.90 Å². The van der Waals surface area contributed by atoms with Gasteiger partial charge >= 0.3 is 0 Å². The molecule has 0 aliphatic rings. The normalized spacial score (nSPS) is 11.3. The summed E-state index contributed by atoms with van der Waals surface area (Å²) in [5.41, 5.74) is 2.75. The minimum Gasteiger partial charge on any atom is -0.339 e. The fourth-order valence-corrected chi connectivity index (χ4v) is 1.92. The third-order valence-corrected chi connectivity index (χ3v) is 3.06. The van der Waals surface area contributed by atoms with Gasteiger partial charge in [0.25, 0.3) is 0 Å². The van der Waals surface area contributed by atoms with Gasteiger partial charge in [-0.05, 0) is 46.5 Å². The van der Waals surface area contributed by atoms with E-state index < -0.39 is 0 Å². The predicted molar refractivity (Wildman–Crippen MR) is 84.2 cm³/mol. The Morgan fingerprint density at radius 2 is 1.68 bits per heavy atom. The van der Waals surface area contributed by atoms with Gasteiger partial charge in [-0.3, -0.25) is 4.79 Å². The fourth-order valence-electron chi connectivity index (χ4n) is 1.92. The molecule has 110 valence electrons. The van der Waals surface area contributed by atoms with Crippen LogP contribution in [0.15, 0.2) is 23.3 Å². The SMILES string of the molecule is CCCC(=O)N(C/C=C(/C)CCC=C(C)C)CCC. The van der Waals surface area contributed by atoms with Gasteiger partial charge in [-0.2, -0.15) is 0 Å². The molecule has 0 aliphatic carbocycles. The van der Waals surface area contributed by atoms with Crippen LogP contribution in [-0.2, 0) is 4.79 Å². The van der Waals surface area contributed by atoms with E-state index in [9.17, 15) is 4.79 Å². The fraction of sp³-hybridized carbons (Fsp3) is 0.706. The molecule has 0 aromatic rings. The smallest absolute Gasteiger partial charge is 0.222 e. The van der Waals surface area contributed by atoms with E-state index in [1.54, 1.807) is 0 Å². The second-order valence-electron chi connectivity index (χ2n) is 5.46. The lowest BCUT2D eigenvalue weighted by molar-refractivity contribution is -0.130. The van der Waals surface area contributed by atoms with E-state index in [4.69, 9.17) is 0 Å². The van der Waals surface area contributed by atoms with Gasteiger partial charge in [0, 0.05) is 19.5 Å². The Balaban J connectivity index is 4.27. The Morgan fingerprint density at radius 3 is 2.21 bits per heavy atom. The maximum atomic E-state index is 11.9. The first-order valence-corrected chi connectivity index (χ1v) is 7.58. The molecule has 1 amide bonds. The van der Waals surface area contributed by atoms with Gasteiger partial charge in [0.05, 0.1) is 0 Å². The Labute approximate surface area is 119 Å². The standard InChI is InChI=1S/C17H31NO/c1-6-9-17(19)18(13-7-2)14-12-16(5)11-8-10-15(3)4/h10,12H,6-9,11,13-14H2,1-5H3/b16-12-. The van der Waals surface area contributed by atoms with Crippen LogP contribution in [0.1, 0.15) is 66.7 Å². The van der Waals surface area contributed by atoms with E-state index in [2.05, 4.69) is 46.8 Å². The van der Waals surface area contributed by atoms with Gasteiger partial charge in [0.15, 0.2) is 0 Å². The van der Waals surface area contributed by atoms with Crippen molar-refractivity contribution in [2.75, 3.05) is 13.1 Å². The molecule has 2 heteroatoms. The van der Waals surface area contributed by atoms with E-state index >= 15 is 0 Å². The first-order chi connectivity index (χ1) is 9.01. The van der Waals surface area contributed by atoms with Crippen LogP contribution in [0.5, 0.6) is 0 Å². The summed E-state index contributed by atoms with van der Waals surface area (Å²) in [5.74, 6) is 0.290. The maximum absolute atomic E-state index is 11.9. The Kier molecular flexibility index (Phi) is 10.2. The number of hydrogen-bond acceptors (Lipinski definition) is 1. The van der Waals surface area contributed by atoms with Crippen molar-refractivity contribution in [2.45, 2.75) is 66.7 Å². The van der Waals surface area contributed by atoms with Crippen LogP contribution >= 0.6 is 0 Å². The largest absolute Gasteiger partial charge is 0.339 e. The monoisotopic (exact) mass is 265 g/mol. The van der Waals surface area contributed by atoms with Gasteiger partial charge in [0.1, 0.15) is 0 Å². The van der Waals surface area contributed by atoms with Crippen LogP contribution in [-0.4, -0.2) is 23.9 Å². The van der Waals surface area contributed by atoms with Crippen LogP contribution in [0, 0.1) is 0 Å². The van der Waals surface area contributed by atoms with E-state index in [1.807, 2.05) is 4.90 Å². The van der Waals surface area contributed by atoms with Gasteiger partial charge in [-0.15, -0.1) is 0 Å². The highest BCUT2D eigenvalue weighted by molar-refractivity contribution is 5.76. The van der Waals surface area contributed by atoms with Crippen LogP contribution in [0.2, 0.25) is 0 Å². The van der Waals surface area contributed by atoms with E-state index in [0.717, 1.165) is 38.8 Å². The molecule has 0 spiro atoms. The van der Waals surface area contributed by atoms with E-state index in [1.165, 1.54) is 11.1 Å². The van der Waals surface area contributed by atoms with Crippen molar-refractivity contribution < 1.29 is 4.79 Å². The van der Waals surface area contributed by atoms with Crippen molar-refractivity contribution in [3.63, 3.8) is 0 Å². The topological polar surface area (TPSA) is 20.3 Å². The zero-order chi connectivity index (χ0) is 14.7. The molecule has 0 rings (SSSR count). The number of nitrogens with zero attached hydrogens (tertiary/aromatic N) is 1. The summed E-state index contributed by atoms with van der Waals surface area (Å²) in [5, 5.41) is 0. The zero-order valence-corrected chi connectivity index (χ0v) is 13.5. The summed E-state index contributed by atoms with van der Waals surface area (Å²) in [7, 11) is 0. The van der Waals surface area contributed by atoms with Crippen molar-refractivity contribution in [1.82, 2.24) is 4.90 Å². The number of hydrogen-bond donors (Lipinski definition) is 0. The van der Waals surface area contributed by atoms with Crippen molar-refractivity contribution in [3.05, 3.63) is 23.3 Å². The first-order valence-electron chi connectivity index (χ1n) is 7.58. The van der Waals surface area contributed by atoms with Crippen LogP contribution < -0.4 is 0 Å². The summed E-state index contributed by atoms with van der Waals surface area (Å²) in [6.07, 6.45) is 9.30. The van der Waals surface area contributed by atoms with Crippen molar-refractivity contribution >= 4 is 5.91 Å². The molecule has 0 aromatic heterocycles. The third-order valence-electron chi connectivity index (χ3n) is 3.06. The molecular weight excluding hydrogens is 234 g/mol. The molecule has 0 aliphatic heterocycles. The summed E-state index contributed by atoms with van der Waals surface area (Å²) in [6.45, 7) is 12.2. The van der Waals surface area contributed by atoms with Gasteiger partial charge in [-0.25, -0.2) is 0 Å². The summed E-state index contributed by atoms with van der Waals surface area (Å²) < 4.78 is 0. The molecule has 0 aromatic carbocycles. The lowest BCUT2D eigenvalue weighted by atomic mass is 10.1. The molecular formula is C17H31NO. The highest BCUT2D eigenvalue weighted by Gasteiger charge is 2.09. The number of allylic oxidation sites excluding steroid dienone is 3. The molecule has 0 heterocycles. The molecule has 0 N–H and O–H groups in total. The summed E-state index contributed by atoms with van der Waals surface area (Å²) in [4.78, 5) is 13.9. The van der Waals surface area contributed by atoms with E-state index in [0.29, 0.717) is 6.42 Å². The second kappa shape index (κ2) is 10.8. The predicted octanol–water partition coefficient (Wildman–Crippen LogP) is 4.72. The molecule has 2 nitrogen and oxygen atoms in total. The molecule has 0 saturated heterocycles. The van der Waals surface area contributed by atoms with Gasteiger partial charge in [-0.1, -0.05) is 37.1 Å². The minimum absolute atomic E-state index is 0.290. The minimum atomic E-state index is 0.290. The average Bonchev–Trinajstić information content (AvgIpc) is 2.34. The highest BCUT2D eigenvalue weighted by atomic mass is 16.2. The molecule has 0 saturated carbocycles. The number of carbonyl (C=O) groups is 1. The van der Waals surface area contributed by atoms with Crippen molar-refractivity contribution in [2.24, 2.45) is 0 Å². The van der Waals surface area contributed by atoms with Crippen molar-refractivity contribution in [3.8, 4) is 0 Å².